The molecule has 49 heavy (non-hydrogen) atoms. The molecule has 7 nitrogen and oxygen atoms in total. The summed E-state index contributed by atoms with van der Waals surface area (Å²) in [6, 6.07) is 0. The van der Waals surface area contributed by atoms with Gasteiger partial charge >= 0.3 is 8.60 Å². The summed E-state index contributed by atoms with van der Waals surface area (Å²) in [6.45, 7) is 3.42. The third-order valence-corrected chi connectivity index (χ3v) is 10.8. The van der Waals surface area contributed by atoms with E-state index in [-0.39, 0.29) is 19.8 Å². The third kappa shape index (κ3) is 32.5. The predicted molar refractivity (Wildman–Crippen MR) is 211 cm³/mol. The van der Waals surface area contributed by atoms with E-state index in [1.165, 1.54) is 180 Å². The Bertz CT molecular complexity index is 572. The van der Waals surface area contributed by atoms with Crippen LogP contribution in [-0.4, -0.2) is 60.5 Å². The lowest BCUT2D eigenvalue weighted by Crippen LogP contribution is -2.55. The van der Waals surface area contributed by atoms with Crippen LogP contribution in [0.3, 0.4) is 0 Å². The van der Waals surface area contributed by atoms with Gasteiger partial charge in [0.15, 0.2) is 0 Å². The molecule has 0 saturated heterocycles. The van der Waals surface area contributed by atoms with Crippen LogP contribution in [0.25, 0.3) is 0 Å². The summed E-state index contributed by atoms with van der Waals surface area (Å²) in [5.41, 5.74) is -2.44. The SMILES string of the molecule is CCCCCCCCCCCCCCCCCCC(O)(CCCCCCCCCCCCCCCCCC)C(CO)(CO)CO.OP(O)O. The van der Waals surface area contributed by atoms with Gasteiger partial charge in [-0.2, -0.15) is 0 Å². The van der Waals surface area contributed by atoms with Gasteiger partial charge in [0.25, 0.3) is 0 Å². The second kappa shape index (κ2) is 39.4. The minimum absolute atomic E-state index is 0.381. The summed E-state index contributed by atoms with van der Waals surface area (Å²) in [5, 5.41) is 42.0. The fourth-order valence-electron chi connectivity index (χ4n) is 7.18. The van der Waals surface area contributed by atoms with Gasteiger partial charge < -0.3 is 35.1 Å². The van der Waals surface area contributed by atoms with Crippen molar-refractivity contribution in [1.29, 1.82) is 0 Å². The Labute approximate surface area is 306 Å². The molecule has 298 valence electrons. The van der Waals surface area contributed by atoms with Crippen molar-refractivity contribution >= 4 is 8.60 Å². The molecule has 0 radical (unpaired) electrons. The van der Waals surface area contributed by atoms with E-state index in [4.69, 9.17) is 14.7 Å². The molecule has 0 bridgehead atoms. The molecule has 0 fully saturated rings. The van der Waals surface area contributed by atoms with E-state index in [1.807, 2.05) is 0 Å². The van der Waals surface area contributed by atoms with Crippen LogP contribution < -0.4 is 0 Å². The Morgan fingerprint density at radius 2 is 0.490 bits per heavy atom. The number of unbranched alkanes of at least 4 members (excludes halogenated alkanes) is 30. The normalized spacial score (nSPS) is 12.1. The van der Waals surface area contributed by atoms with Gasteiger partial charge in [-0.3, -0.25) is 0 Å². The van der Waals surface area contributed by atoms with Crippen LogP contribution in [0.4, 0.5) is 0 Å². The van der Waals surface area contributed by atoms with Crippen LogP contribution in [0.15, 0.2) is 0 Å². The molecule has 0 aliphatic rings. The monoisotopic (exact) mass is 723 g/mol. The lowest BCUT2D eigenvalue weighted by Gasteiger charge is -2.44. The smallest absolute Gasteiger partial charge is 0.324 e. The molecule has 0 unspecified atom stereocenters. The molecule has 0 rings (SSSR count). The molecule has 7 N–H and O–H groups in total. The molecular weight excluding hydrogens is 635 g/mol. The fraction of sp³-hybridized carbons (Fsp3) is 1.00. The summed E-state index contributed by atoms with van der Waals surface area (Å²) >= 11 is 0. The first-order chi connectivity index (χ1) is 23.8. The van der Waals surface area contributed by atoms with E-state index in [0.29, 0.717) is 12.8 Å². The fourth-order valence-corrected chi connectivity index (χ4v) is 7.18. The van der Waals surface area contributed by atoms with E-state index < -0.39 is 19.6 Å². The molecule has 0 spiro atoms. The summed E-state index contributed by atoms with van der Waals surface area (Å²) in [6.07, 6.45) is 43.0. The van der Waals surface area contributed by atoms with Gasteiger partial charge in [0.2, 0.25) is 0 Å². The Morgan fingerprint density at radius 3 is 0.653 bits per heavy atom. The minimum atomic E-state index is -2.62. The maximum atomic E-state index is 11.7. The first-order valence-corrected chi connectivity index (χ1v) is 22.4. The largest absolute Gasteiger partial charge is 0.395 e. The highest BCUT2D eigenvalue weighted by Crippen LogP contribution is 2.39. The zero-order valence-corrected chi connectivity index (χ0v) is 33.6. The van der Waals surface area contributed by atoms with Crippen LogP contribution in [0, 0.1) is 5.41 Å². The second-order valence-corrected chi connectivity index (χ2v) is 15.7. The molecule has 0 aromatic heterocycles. The van der Waals surface area contributed by atoms with Gasteiger partial charge in [0.05, 0.1) is 30.8 Å². The van der Waals surface area contributed by atoms with E-state index in [2.05, 4.69) is 13.8 Å². The summed E-state index contributed by atoms with van der Waals surface area (Å²) < 4.78 is 0. The molecular formula is C41H87O7P. The number of rotatable bonds is 38. The van der Waals surface area contributed by atoms with Gasteiger partial charge in [0, 0.05) is 0 Å². The first-order valence-electron chi connectivity index (χ1n) is 21.2. The standard InChI is InChI=1S/C41H84O4.H3O3P/c1-3-5-7-9-11-13-15-17-19-21-23-25-27-29-31-33-35-41(45,40(37-42,38-43)39-44)36-34-32-30-28-26-24-22-20-18-16-14-12-10-8-6-4-2;1-4(2)3/h42-45H,3-39H2,1-2H3;1-3H. The lowest BCUT2D eigenvalue weighted by molar-refractivity contribution is -0.162. The second-order valence-electron chi connectivity index (χ2n) is 15.2. The van der Waals surface area contributed by atoms with Crippen LogP contribution in [-0.2, 0) is 0 Å². The van der Waals surface area contributed by atoms with Gasteiger partial charge in [-0.1, -0.05) is 219 Å². The van der Waals surface area contributed by atoms with Crippen molar-refractivity contribution in [2.75, 3.05) is 19.8 Å². The average Bonchev–Trinajstić information content (AvgIpc) is 3.08. The highest BCUT2D eigenvalue weighted by atomic mass is 31.2. The van der Waals surface area contributed by atoms with E-state index in [9.17, 15) is 20.4 Å². The van der Waals surface area contributed by atoms with Crippen molar-refractivity contribution in [3.8, 4) is 0 Å². The zero-order chi connectivity index (χ0) is 36.7. The Hall–Kier alpha value is 0.150. The van der Waals surface area contributed by atoms with Gasteiger partial charge in [-0.25, -0.2) is 0 Å². The van der Waals surface area contributed by atoms with Crippen LogP contribution in [0.5, 0.6) is 0 Å². The van der Waals surface area contributed by atoms with E-state index in [0.717, 1.165) is 25.7 Å². The van der Waals surface area contributed by atoms with Crippen LogP contribution >= 0.6 is 8.60 Å². The molecule has 0 aliphatic heterocycles. The molecule has 0 atom stereocenters. The molecule has 8 heteroatoms. The molecule has 0 saturated carbocycles. The van der Waals surface area contributed by atoms with Crippen molar-refractivity contribution in [3.63, 3.8) is 0 Å². The highest BCUT2D eigenvalue weighted by Gasteiger charge is 2.48. The Balaban J connectivity index is 0. The Morgan fingerprint density at radius 1 is 0.327 bits per heavy atom. The minimum Gasteiger partial charge on any atom is -0.395 e. The van der Waals surface area contributed by atoms with Gasteiger partial charge in [-0.15, -0.1) is 0 Å². The highest BCUT2D eigenvalue weighted by molar-refractivity contribution is 7.38. The van der Waals surface area contributed by atoms with E-state index in [1.54, 1.807) is 0 Å². The number of hydrogen-bond donors (Lipinski definition) is 7. The van der Waals surface area contributed by atoms with Crippen molar-refractivity contribution in [1.82, 2.24) is 0 Å². The molecule has 0 aromatic carbocycles. The Kier molecular flexibility index (Phi) is 41.2. The number of aliphatic hydroxyl groups excluding tert-OH is 3. The molecule has 0 aliphatic carbocycles. The van der Waals surface area contributed by atoms with E-state index >= 15 is 0 Å². The average molecular weight is 723 g/mol. The number of aliphatic hydroxyl groups is 4. The number of hydrogen-bond acceptors (Lipinski definition) is 7. The summed E-state index contributed by atoms with van der Waals surface area (Å²) in [4.78, 5) is 21.7. The third-order valence-electron chi connectivity index (χ3n) is 10.8. The molecule has 0 amide bonds. The van der Waals surface area contributed by atoms with Gasteiger partial charge in [-0.05, 0) is 12.8 Å². The molecule has 0 heterocycles. The lowest BCUT2D eigenvalue weighted by atomic mass is 9.68. The summed E-state index contributed by atoms with van der Waals surface area (Å²) in [5.74, 6) is 0. The van der Waals surface area contributed by atoms with Crippen molar-refractivity contribution in [2.24, 2.45) is 5.41 Å². The zero-order valence-electron chi connectivity index (χ0n) is 32.7. The maximum Gasteiger partial charge on any atom is 0.324 e. The molecule has 0 aromatic rings. The quantitative estimate of drug-likeness (QED) is 0.0248. The first kappa shape index (κ1) is 51.3. The van der Waals surface area contributed by atoms with Crippen molar-refractivity contribution in [2.45, 2.75) is 238 Å². The summed E-state index contributed by atoms with van der Waals surface area (Å²) in [7, 11) is -2.62. The van der Waals surface area contributed by atoms with Crippen LogP contribution in [0.2, 0.25) is 0 Å². The van der Waals surface area contributed by atoms with Crippen molar-refractivity contribution in [3.05, 3.63) is 0 Å². The predicted octanol–water partition coefficient (Wildman–Crippen LogP) is 11.2. The van der Waals surface area contributed by atoms with Gasteiger partial charge in [0.1, 0.15) is 0 Å². The van der Waals surface area contributed by atoms with Crippen LogP contribution in [0.1, 0.15) is 232 Å². The van der Waals surface area contributed by atoms with Crippen molar-refractivity contribution < 1.29 is 35.1 Å². The topological polar surface area (TPSA) is 142 Å². The maximum absolute atomic E-state index is 11.7.